The lowest BCUT2D eigenvalue weighted by atomic mass is 10.2. The summed E-state index contributed by atoms with van der Waals surface area (Å²) in [5.74, 6) is 1.70. The van der Waals surface area contributed by atoms with Crippen LogP contribution in [0, 0.1) is 4.77 Å². The van der Waals surface area contributed by atoms with E-state index in [-0.39, 0.29) is 0 Å². The zero-order valence-electron chi connectivity index (χ0n) is 16.6. The Morgan fingerprint density at radius 1 is 1.28 bits per heavy atom. The molecular weight excluding hydrogens is 382 g/mol. The molecule has 7 heteroatoms. The van der Waals surface area contributed by atoms with Crippen molar-refractivity contribution in [3.05, 3.63) is 71.8 Å². The number of hydrogen-bond donors (Lipinski definition) is 0. The highest BCUT2D eigenvalue weighted by atomic mass is 32.1. The number of rotatable bonds is 9. The third-order valence-corrected chi connectivity index (χ3v) is 5.51. The molecule has 1 fully saturated rings. The van der Waals surface area contributed by atoms with Gasteiger partial charge in [0.2, 0.25) is 0 Å². The molecule has 0 amide bonds. The molecule has 6 nitrogen and oxygen atoms in total. The molecule has 1 aliphatic carbocycles. The van der Waals surface area contributed by atoms with Gasteiger partial charge in [-0.15, -0.1) is 6.58 Å². The standard InChI is InChI=1S/C22H25N5OS/c1-3-13-26-21(18-5-4-12-23-14-18)24-27(22(26)29)16-25(19-8-9-19)15-17-6-10-20(28-2)11-7-17/h3-7,10-12,14,19H,1,8-9,13,15-16H2,2H3. The van der Waals surface area contributed by atoms with E-state index in [4.69, 9.17) is 22.1 Å². The molecule has 150 valence electrons. The van der Waals surface area contributed by atoms with Gasteiger partial charge >= 0.3 is 0 Å². The second-order valence-electron chi connectivity index (χ2n) is 7.21. The third-order valence-electron chi connectivity index (χ3n) is 5.08. The highest BCUT2D eigenvalue weighted by molar-refractivity contribution is 7.71. The molecule has 1 aliphatic rings. The third kappa shape index (κ3) is 4.46. The minimum atomic E-state index is 0.574. The zero-order chi connectivity index (χ0) is 20.2. The molecular formula is C22H25N5OS. The molecule has 0 radical (unpaired) electrons. The van der Waals surface area contributed by atoms with Gasteiger partial charge in [-0.3, -0.25) is 14.5 Å². The van der Waals surface area contributed by atoms with E-state index in [0.29, 0.717) is 24.0 Å². The number of ether oxygens (including phenoxy) is 1. The number of methoxy groups -OCH3 is 1. The molecule has 0 N–H and O–H groups in total. The maximum atomic E-state index is 5.75. The molecule has 1 saturated carbocycles. The number of hydrogen-bond acceptors (Lipinski definition) is 5. The lowest BCUT2D eigenvalue weighted by Gasteiger charge is -2.22. The molecule has 3 aromatic rings. The summed E-state index contributed by atoms with van der Waals surface area (Å²) in [6.07, 6.45) is 7.85. The topological polar surface area (TPSA) is 48.1 Å². The fourth-order valence-electron chi connectivity index (χ4n) is 3.41. The molecule has 0 unspecified atom stereocenters. The van der Waals surface area contributed by atoms with Crippen LogP contribution in [0.1, 0.15) is 18.4 Å². The first-order chi connectivity index (χ1) is 14.2. The number of nitrogens with zero attached hydrogens (tertiary/aromatic N) is 5. The van der Waals surface area contributed by atoms with Crippen molar-refractivity contribution in [2.75, 3.05) is 7.11 Å². The normalized spacial score (nSPS) is 13.6. The van der Waals surface area contributed by atoms with Crippen molar-refractivity contribution in [1.29, 1.82) is 0 Å². The van der Waals surface area contributed by atoms with Crippen LogP contribution >= 0.6 is 12.2 Å². The van der Waals surface area contributed by atoms with Crippen LogP contribution < -0.4 is 4.74 Å². The molecule has 0 bridgehead atoms. The molecule has 29 heavy (non-hydrogen) atoms. The lowest BCUT2D eigenvalue weighted by Crippen LogP contribution is -2.29. The van der Waals surface area contributed by atoms with Gasteiger partial charge in [-0.1, -0.05) is 18.2 Å². The summed E-state index contributed by atoms with van der Waals surface area (Å²) >= 11 is 5.75. The van der Waals surface area contributed by atoms with Gasteiger partial charge in [0, 0.05) is 37.1 Å². The first kappa shape index (κ1) is 19.5. The van der Waals surface area contributed by atoms with Crippen molar-refractivity contribution in [2.24, 2.45) is 0 Å². The number of aromatic nitrogens is 4. The fourth-order valence-corrected chi connectivity index (χ4v) is 3.67. The van der Waals surface area contributed by atoms with Crippen molar-refractivity contribution in [3.8, 4) is 17.1 Å². The second-order valence-corrected chi connectivity index (χ2v) is 7.58. The van der Waals surface area contributed by atoms with Gasteiger partial charge in [0.05, 0.1) is 13.8 Å². The number of pyridine rings is 1. The van der Waals surface area contributed by atoms with Crippen molar-refractivity contribution >= 4 is 12.2 Å². The highest BCUT2D eigenvalue weighted by Crippen LogP contribution is 2.29. The minimum absolute atomic E-state index is 0.574. The summed E-state index contributed by atoms with van der Waals surface area (Å²) in [6, 6.07) is 12.7. The van der Waals surface area contributed by atoms with E-state index in [1.54, 1.807) is 13.3 Å². The predicted molar refractivity (Wildman–Crippen MR) is 116 cm³/mol. The summed E-state index contributed by atoms with van der Waals surface area (Å²) in [7, 11) is 1.69. The smallest absolute Gasteiger partial charge is 0.199 e. The maximum Gasteiger partial charge on any atom is 0.199 e. The summed E-state index contributed by atoms with van der Waals surface area (Å²) in [4.78, 5) is 6.67. The van der Waals surface area contributed by atoms with E-state index < -0.39 is 0 Å². The second kappa shape index (κ2) is 8.71. The van der Waals surface area contributed by atoms with Crippen LogP contribution in [0.15, 0.2) is 61.4 Å². The molecule has 0 spiro atoms. The van der Waals surface area contributed by atoms with Crippen LogP contribution in [-0.2, 0) is 19.8 Å². The zero-order valence-corrected chi connectivity index (χ0v) is 17.4. The summed E-state index contributed by atoms with van der Waals surface area (Å²) < 4.78 is 9.90. The van der Waals surface area contributed by atoms with Gasteiger partial charge in [0.25, 0.3) is 0 Å². The van der Waals surface area contributed by atoms with Gasteiger partial charge in [0.15, 0.2) is 10.6 Å². The van der Waals surface area contributed by atoms with Crippen LogP contribution in [-0.4, -0.2) is 37.4 Å². The van der Waals surface area contributed by atoms with Crippen LogP contribution in [0.25, 0.3) is 11.4 Å². The molecule has 0 saturated heterocycles. The first-order valence-corrected chi connectivity index (χ1v) is 10.2. The number of benzene rings is 1. The first-order valence-electron chi connectivity index (χ1n) is 9.75. The largest absolute Gasteiger partial charge is 0.497 e. The Balaban J connectivity index is 1.61. The predicted octanol–water partition coefficient (Wildman–Crippen LogP) is 4.29. The fraction of sp³-hybridized carbons (Fsp3) is 0.318. The SMILES string of the molecule is C=CCn1c(-c2cccnc2)nn(CN(Cc2ccc(OC)cc2)C2CC2)c1=S. The van der Waals surface area contributed by atoms with Gasteiger partial charge in [-0.25, -0.2) is 4.68 Å². The van der Waals surface area contributed by atoms with E-state index in [9.17, 15) is 0 Å². The van der Waals surface area contributed by atoms with Crippen molar-refractivity contribution in [2.45, 2.75) is 38.6 Å². The van der Waals surface area contributed by atoms with Crippen LogP contribution in [0.5, 0.6) is 5.75 Å². The Hall–Kier alpha value is -2.77. The average Bonchev–Trinajstić information content (AvgIpc) is 3.56. The summed E-state index contributed by atoms with van der Waals surface area (Å²) in [5, 5.41) is 4.84. The van der Waals surface area contributed by atoms with Crippen LogP contribution in [0.2, 0.25) is 0 Å². The summed E-state index contributed by atoms with van der Waals surface area (Å²) in [5.41, 5.74) is 2.20. The van der Waals surface area contributed by atoms with Gasteiger partial charge in [0.1, 0.15) is 5.75 Å². The average molecular weight is 408 g/mol. The van der Waals surface area contributed by atoms with Crippen molar-refractivity contribution in [1.82, 2.24) is 24.2 Å². The van der Waals surface area contributed by atoms with E-state index in [1.165, 1.54) is 18.4 Å². The van der Waals surface area contributed by atoms with Crippen LogP contribution in [0.3, 0.4) is 0 Å². The Morgan fingerprint density at radius 3 is 2.69 bits per heavy atom. The van der Waals surface area contributed by atoms with Crippen molar-refractivity contribution < 1.29 is 4.74 Å². The molecule has 2 aromatic heterocycles. The van der Waals surface area contributed by atoms with E-state index in [1.807, 2.05) is 45.8 Å². The highest BCUT2D eigenvalue weighted by Gasteiger charge is 2.30. The van der Waals surface area contributed by atoms with Gasteiger partial charge in [-0.05, 0) is 54.9 Å². The molecule has 2 heterocycles. The number of allylic oxidation sites excluding steroid dienone is 1. The Morgan fingerprint density at radius 2 is 2.07 bits per heavy atom. The quantitative estimate of drug-likeness (QED) is 0.391. The minimum Gasteiger partial charge on any atom is -0.497 e. The molecule has 4 rings (SSSR count). The molecule has 1 aromatic carbocycles. The van der Waals surface area contributed by atoms with Crippen molar-refractivity contribution in [3.63, 3.8) is 0 Å². The Labute approximate surface area is 176 Å². The van der Waals surface area contributed by atoms with Gasteiger partial charge < -0.3 is 4.74 Å². The maximum absolute atomic E-state index is 5.75. The van der Waals surface area contributed by atoms with Crippen LogP contribution in [0.4, 0.5) is 0 Å². The van der Waals surface area contributed by atoms with E-state index >= 15 is 0 Å². The summed E-state index contributed by atoms with van der Waals surface area (Å²) in [6.45, 7) is 6.00. The monoisotopic (exact) mass is 407 g/mol. The molecule has 0 aliphatic heterocycles. The van der Waals surface area contributed by atoms with E-state index in [0.717, 1.165) is 23.7 Å². The van der Waals surface area contributed by atoms with Gasteiger partial charge in [-0.2, -0.15) is 5.10 Å². The molecule has 0 atom stereocenters. The Kier molecular flexibility index (Phi) is 5.87. The lowest BCUT2D eigenvalue weighted by molar-refractivity contribution is 0.186. The van der Waals surface area contributed by atoms with E-state index in [2.05, 4.69) is 28.6 Å². The Bertz CT molecular complexity index is 1020.